The molecular weight excluding hydrogens is 366 g/mol. The SMILES string of the molecule is CC(CC(=O)NCCN1CCOCC1)=NNC(=O)c1ccc(C)c([N+](=O)[O-])c1. The lowest BCUT2D eigenvalue weighted by atomic mass is 10.1. The van der Waals surface area contributed by atoms with E-state index in [1.807, 2.05) is 0 Å². The molecule has 28 heavy (non-hydrogen) atoms. The Kier molecular flexibility index (Phi) is 8.02. The molecule has 2 amide bonds. The lowest BCUT2D eigenvalue weighted by molar-refractivity contribution is -0.385. The van der Waals surface area contributed by atoms with Gasteiger partial charge in [-0.15, -0.1) is 0 Å². The van der Waals surface area contributed by atoms with Crippen molar-refractivity contribution in [3.8, 4) is 0 Å². The van der Waals surface area contributed by atoms with Gasteiger partial charge in [0, 0.05) is 49.1 Å². The molecule has 2 N–H and O–H groups in total. The molecule has 1 aromatic rings. The molecule has 0 aromatic heterocycles. The summed E-state index contributed by atoms with van der Waals surface area (Å²) in [5.41, 5.74) is 3.22. The molecule has 0 unspecified atom stereocenters. The summed E-state index contributed by atoms with van der Waals surface area (Å²) in [5.74, 6) is -0.759. The molecule has 0 aliphatic carbocycles. The number of nitro benzene ring substituents is 1. The van der Waals surface area contributed by atoms with Gasteiger partial charge < -0.3 is 10.1 Å². The van der Waals surface area contributed by atoms with E-state index in [1.165, 1.54) is 18.2 Å². The number of rotatable bonds is 8. The van der Waals surface area contributed by atoms with Crippen molar-refractivity contribution in [2.45, 2.75) is 20.3 Å². The van der Waals surface area contributed by atoms with Crippen LogP contribution < -0.4 is 10.7 Å². The van der Waals surface area contributed by atoms with Crippen molar-refractivity contribution in [1.29, 1.82) is 0 Å². The molecule has 0 atom stereocenters. The fraction of sp³-hybridized carbons (Fsp3) is 0.500. The zero-order valence-corrected chi connectivity index (χ0v) is 16.1. The van der Waals surface area contributed by atoms with Crippen molar-refractivity contribution in [3.63, 3.8) is 0 Å². The van der Waals surface area contributed by atoms with Crippen molar-refractivity contribution in [3.05, 3.63) is 39.4 Å². The van der Waals surface area contributed by atoms with Crippen LogP contribution in [0, 0.1) is 17.0 Å². The number of carbonyl (C=O) groups excluding carboxylic acids is 2. The number of nitrogens with zero attached hydrogens (tertiary/aromatic N) is 3. The number of nitrogens with one attached hydrogen (secondary N) is 2. The highest BCUT2D eigenvalue weighted by Gasteiger charge is 2.15. The van der Waals surface area contributed by atoms with E-state index in [0.717, 1.165) is 19.6 Å². The Bertz CT molecular complexity index is 759. The Morgan fingerprint density at radius 3 is 2.71 bits per heavy atom. The van der Waals surface area contributed by atoms with Crippen LogP contribution in [0.2, 0.25) is 0 Å². The second-order valence-corrected chi connectivity index (χ2v) is 6.53. The van der Waals surface area contributed by atoms with E-state index >= 15 is 0 Å². The zero-order valence-electron chi connectivity index (χ0n) is 16.1. The Morgan fingerprint density at radius 2 is 2.04 bits per heavy atom. The van der Waals surface area contributed by atoms with Gasteiger partial charge in [0.05, 0.1) is 24.6 Å². The van der Waals surface area contributed by atoms with Crippen LogP contribution in [0.3, 0.4) is 0 Å². The minimum Gasteiger partial charge on any atom is -0.379 e. The summed E-state index contributed by atoms with van der Waals surface area (Å²) >= 11 is 0. The Hall–Kier alpha value is -2.85. The summed E-state index contributed by atoms with van der Waals surface area (Å²) in [6, 6.07) is 4.19. The number of benzene rings is 1. The third kappa shape index (κ3) is 6.71. The smallest absolute Gasteiger partial charge is 0.273 e. The van der Waals surface area contributed by atoms with E-state index in [2.05, 4.69) is 20.7 Å². The Morgan fingerprint density at radius 1 is 1.32 bits per heavy atom. The predicted octanol–water partition coefficient (Wildman–Crippen LogP) is 0.847. The Balaban J connectivity index is 1.78. The van der Waals surface area contributed by atoms with Crippen LogP contribution in [-0.4, -0.2) is 66.7 Å². The molecule has 0 spiro atoms. The van der Waals surface area contributed by atoms with Gasteiger partial charge in [0.25, 0.3) is 11.6 Å². The van der Waals surface area contributed by atoms with Crippen LogP contribution in [0.15, 0.2) is 23.3 Å². The molecule has 10 heteroatoms. The normalized spacial score (nSPS) is 15.1. The van der Waals surface area contributed by atoms with Gasteiger partial charge in [0.1, 0.15) is 0 Å². The van der Waals surface area contributed by atoms with Gasteiger partial charge in [-0.2, -0.15) is 5.10 Å². The molecule has 1 heterocycles. The summed E-state index contributed by atoms with van der Waals surface area (Å²) in [5, 5.41) is 17.7. The average Bonchev–Trinajstić information content (AvgIpc) is 2.67. The number of amides is 2. The molecule has 0 radical (unpaired) electrons. The van der Waals surface area contributed by atoms with Crippen LogP contribution in [0.1, 0.15) is 29.3 Å². The largest absolute Gasteiger partial charge is 0.379 e. The second-order valence-electron chi connectivity index (χ2n) is 6.53. The van der Waals surface area contributed by atoms with Gasteiger partial charge in [-0.05, 0) is 19.9 Å². The molecule has 1 aliphatic rings. The summed E-state index contributed by atoms with van der Waals surface area (Å²) in [6.07, 6.45) is 0.0530. The van der Waals surface area contributed by atoms with E-state index in [-0.39, 0.29) is 23.6 Å². The standard InChI is InChI=1S/C18H25N5O5/c1-13-3-4-15(12-16(13)23(26)27)18(25)21-20-14(2)11-17(24)19-5-6-22-7-9-28-10-8-22/h3-4,12H,5-11H2,1-2H3,(H,19,24)(H,21,25). The number of nitro groups is 1. The van der Waals surface area contributed by atoms with Crippen molar-refractivity contribution < 1.29 is 19.2 Å². The number of hydrogen-bond acceptors (Lipinski definition) is 7. The third-order valence-electron chi connectivity index (χ3n) is 4.29. The summed E-state index contributed by atoms with van der Waals surface area (Å²) in [4.78, 5) is 36.7. The Labute approximate surface area is 163 Å². The molecule has 1 saturated heterocycles. The lowest BCUT2D eigenvalue weighted by Gasteiger charge is -2.26. The van der Waals surface area contributed by atoms with E-state index in [1.54, 1.807) is 13.8 Å². The predicted molar refractivity (Wildman–Crippen MR) is 103 cm³/mol. The molecule has 2 rings (SSSR count). The van der Waals surface area contributed by atoms with Crippen molar-refractivity contribution >= 4 is 23.2 Å². The summed E-state index contributed by atoms with van der Waals surface area (Å²) in [6.45, 7) is 7.66. The third-order valence-corrected chi connectivity index (χ3v) is 4.29. The quantitative estimate of drug-likeness (QED) is 0.384. The minimum atomic E-state index is -0.574. The van der Waals surface area contributed by atoms with Crippen LogP contribution in [0.5, 0.6) is 0 Å². The van der Waals surface area contributed by atoms with Crippen LogP contribution in [-0.2, 0) is 9.53 Å². The first kappa shape index (κ1) is 21.5. The van der Waals surface area contributed by atoms with Crippen molar-refractivity contribution in [2.24, 2.45) is 5.10 Å². The van der Waals surface area contributed by atoms with Gasteiger partial charge in [-0.3, -0.25) is 24.6 Å². The topological polar surface area (TPSA) is 126 Å². The highest BCUT2D eigenvalue weighted by molar-refractivity contribution is 6.01. The maximum absolute atomic E-state index is 12.1. The number of hydrogen-bond donors (Lipinski definition) is 2. The molecule has 1 aromatic carbocycles. The van der Waals surface area contributed by atoms with Crippen molar-refractivity contribution in [1.82, 2.24) is 15.6 Å². The number of ether oxygens (including phenoxy) is 1. The van der Waals surface area contributed by atoms with Gasteiger partial charge in [0.15, 0.2) is 0 Å². The molecule has 0 bridgehead atoms. The van der Waals surface area contributed by atoms with Gasteiger partial charge in [0.2, 0.25) is 5.91 Å². The highest BCUT2D eigenvalue weighted by Crippen LogP contribution is 2.19. The number of carbonyl (C=O) groups is 2. The van der Waals surface area contributed by atoms with E-state index < -0.39 is 10.8 Å². The monoisotopic (exact) mass is 391 g/mol. The van der Waals surface area contributed by atoms with E-state index in [0.29, 0.717) is 31.0 Å². The fourth-order valence-corrected chi connectivity index (χ4v) is 2.67. The van der Waals surface area contributed by atoms with Crippen LogP contribution in [0.25, 0.3) is 0 Å². The summed E-state index contributed by atoms with van der Waals surface area (Å²) in [7, 11) is 0. The number of hydrazone groups is 1. The maximum Gasteiger partial charge on any atom is 0.273 e. The molecule has 10 nitrogen and oxygen atoms in total. The first-order chi connectivity index (χ1) is 13.4. The first-order valence-electron chi connectivity index (χ1n) is 9.02. The maximum atomic E-state index is 12.1. The van der Waals surface area contributed by atoms with E-state index in [4.69, 9.17) is 4.74 Å². The fourth-order valence-electron chi connectivity index (χ4n) is 2.67. The highest BCUT2D eigenvalue weighted by atomic mass is 16.6. The van der Waals surface area contributed by atoms with Crippen LogP contribution >= 0.6 is 0 Å². The zero-order chi connectivity index (χ0) is 20.5. The lowest BCUT2D eigenvalue weighted by Crippen LogP contribution is -2.41. The minimum absolute atomic E-state index is 0.0530. The van der Waals surface area contributed by atoms with Gasteiger partial charge in [-0.1, -0.05) is 6.07 Å². The van der Waals surface area contributed by atoms with Crippen LogP contribution in [0.4, 0.5) is 5.69 Å². The molecule has 152 valence electrons. The average molecular weight is 391 g/mol. The second kappa shape index (κ2) is 10.5. The molecule has 0 saturated carbocycles. The number of morpholine rings is 1. The number of aryl methyl sites for hydroxylation is 1. The van der Waals surface area contributed by atoms with Gasteiger partial charge in [-0.25, -0.2) is 5.43 Å². The molecule has 1 fully saturated rings. The van der Waals surface area contributed by atoms with Crippen molar-refractivity contribution in [2.75, 3.05) is 39.4 Å². The molecule has 1 aliphatic heterocycles. The summed E-state index contributed by atoms with van der Waals surface area (Å²) < 4.78 is 5.27. The first-order valence-corrected chi connectivity index (χ1v) is 9.02. The van der Waals surface area contributed by atoms with Gasteiger partial charge >= 0.3 is 0 Å². The van der Waals surface area contributed by atoms with E-state index in [9.17, 15) is 19.7 Å². The molecular formula is C18H25N5O5.